The van der Waals surface area contributed by atoms with Crippen LogP contribution in [0.5, 0.6) is 0 Å². The van der Waals surface area contributed by atoms with E-state index in [0.717, 1.165) is 28.4 Å². The van der Waals surface area contributed by atoms with Gasteiger partial charge >= 0.3 is 0 Å². The smallest absolute Gasteiger partial charge is 0.196 e. The molecule has 1 aromatic heterocycles. The number of hydrogen-bond donors (Lipinski definition) is 1. The largest absolute Gasteiger partial charge is 0.449 e. The van der Waals surface area contributed by atoms with Crippen LogP contribution < -0.4 is 11.2 Å². The molecule has 0 aliphatic carbocycles. The lowest BCUT2D eigenvalue weighted by molar-refractivity contribution is 0.489. The summed E-state index contributed by atoms with van der Waals surface area (Å²) in [7, 11) is 0. The predicted octanol–water partition coefficient (Wildman–Crippen LogP) is 3.02. The van der Waals surface area contributed by atoms with Crippen molar-refractivity contribution in [2.24, 2.45) is 5.73 Å². The molecule has 0 amide bonds. The van der Waals surface area contributed by atoms with E-state index in [1.165, 1.54) is 0 Å². The van der Waals surface area contributed by atoms with E-state index < -0.39 is 0 Å². The molecule has 0 saturated heterocycles. The highest BCUT2D eigenvalue weighted by Crippen LogP contribution is 2.27. The van der Waals surface area contributed by atoms with Gasteiger partial charge in [-0.3, -0.25) is 4.79 Å². The van der Waals surface area contributed by atoms with Crippen LogP contribution in [0.4, 0.5) is 0 Å². The van der Waals surface area contributed by atoms with Gasteiger partial charge in [0.25, 0.3) is 0 Å². The Bertz CT molecular complexity index is 661. The summed E-state index contributed by atoms with van der Waals surface area (Å²) in [6, 6.07) is 3.95. The molecule has 0 bridgehead atoms. The maximum absolute atomic E-state index is 12.4. The van der Waals surface area contributed by atoms with Crippen LogP contribution in [-0.2, 0) is 6.42 Å². The van der Waals surface area contributed by atoms with E-state index >= 15 is 0 Å². The van der Waals surface area contributed by atoms with Gasteiger partial charge in [0.15, 0.2) is 10.5 Å². The van der Waals surface area contributed by atoms with Gasteiger partial charge in [0.1, 0.15) is 5.58 Å². The van der Waals surface area contributed by atoms with Gasteiger partial charge < -0.3 is 10.2 Å². The summed E-state index contributed by atoms with van der Waals surface area (Å²) in [5.74, 6) is 0.882. The number of fused-ring (bicyclic) bond motifs is 1. The minimum atomic E-state index is 0.0687. The Kier molecular flexibility index (Phi) is 4.32. The zero-order valence-electron chi connectivity index (χ0n) is 11.6. The molecule has 2 rings (SSSR count). The first kappa shape index (κ1) is 14.2. The minimum absolute atomic E-state index is 0.0687. The van der Waals surface area contributed by atoms with Crippen LogP contribution in [0.15, 0.2) is 26.4 Å². The molecule has 3 nitrogen and oxygen atoms in total. The molecule has 4 heteroatoms. The lowest BCUT2D eigenvalue weighted by atomic mass is 10.0. The summed E-state index contributed by atoms with van der Waals surface area (Å²) >= 11 is 1.56. The van der Waals surface area contributed by atoms with Crippen molar-refractivity contribution in [3.05, 3.63) is 39.0 Å². The minimum Gasteiger partial charge on any atom is -0.449 e. The second kappa shape index (κ2) is 5.80. The molecular weight excluding hydrogens is 258 g/mol. The Hall–Kier alpha value is -1.26. The number of hydrogen-bond acceptors (Lipinski definition) is 4. The van der Waals surface area contributed by atoms with Crippen LogP contribution in [0.3, 0.4) is 0 Å². The van der Waals surface area contributed by atoms with Crippen molar-refractivity contribution in [3.8, 4) is 0 Å². The molecule has 0 fully saturated rings. The first-order chi connectivity index (χ1) is 9.08. The van der Waals surface area contributed by atoms with E-state index in [9.17, 15) is 4.79 Å². The van der Waals surface area contributed by atoms with Crippen LogP contribution in [0.1, 0.15) is 23.6 Å². The molecule has 0 radical (unpaired) electrons. The molecule has 102 valence electrons. The van der Waals surface area contributed by atoms with Gasteiger partial charge in [-0.1, -0.05) is 24.8 Å². The first-order valence-corrected chi connectivity index (χ1v) is 7.46. The van der Waals surface area contributed by atoms with Crippen molar-refractivity contribution < 1.29 is 4.42 Å². The van der Waals surface area contributed by atoms with Gasteiger partial charge in [-0.25, -0.2) is 0 Å². The Morgan fingerprint density at radius 1 is 1.32 bits per heavy atom. The highest BCUT2D eigenvalue weighted by Gasteiger charge is 2.14. The number of thioether (sulfide) groups is 1. The molecule has 1 heterocycles. The average molecular weight is 277 g/mol. The fourth-order valence-corrected chi connectivity index (χ4v) is 2.93. The van der Waals surface area contributed by atoms with Crippen LogP contribution >= 0.6 is 11.8 Å². The Morgan fingerprint density at radius 3 is 2.68 bits per heavy atom. The SMILES string of the molecule is CCSc1oc2c(CCN)cc(C)cc2c(=O)c1C. The third kappa shape index (κ3) is 2.69. The summed E-state index contributed by atoms with van der Waals surface area (Å²) < 4.78 is 5.96. The summed E-state index contributed by atoms with van der Waals surface area (Å²) in [4.78, 5) is 12.4. The maximum Gasteiger partial charge on any atom is 0.196 e. The molecule has 2 N–H and O–H groups in total. The molecule has 1 aromatic carbocycles. The average Bonchev–Trinajstić information content (AvgIpc) is 2.37. The van der Waals surface area contributed by atoms with Crippen LogP contribution in [0.25, 0.3) is 11.0 Å². The maximum atomic E-state index is 12.4. The summed E-state index contributed by atoms with van der Waals surface area (Å²) in [6.45, 7) is 6.41. The molecule has 0 saturated carbocycles. The van der Waals surface area contributed by atoms with Crippen molar-refractivity contribution in [2.45, 2.75) is 32.3 Å². The van der Waals surface area contributed by atoms with Gasteiger partial charge in [-0.05, 0) is 49.8 Å². The molecule has 0 atom stereocenters. The van der Waals surface area contributed by atoms with Crippen LogP contribution in [0, 0.1) is 13.8 Å². The van der Waals surface area contributed by atoms with E-state index in [1.54, 1.807) is 11.8 Å². The predicted molar refractivity (Wildman–Crippen MR) is 81.1 cm³/mol. The van der Waals surface area contributed by atoms with Crippen molar-refractivity contribution >= 4 is 22.7 Å². The summed E-state index contributed by atoms with van der Waals surface area (Å²) in [5, 5.41) is 1.39. The second-order valence-corrected chi connectivity index (χ2v) is 5.85. The van der Waals surface area contributed by atoms with E-state index in [1.807, 2.05) is 32.9 Å². The quantitative estimate of drug-likeness (QED) is 0.873. The summed E-state index contributed by atoms with van der Waals surface area (Å²) in [5.41, 5.74) is 9.19. The zero-order valence-corrected chi connectivity index (χ0v) is 12.4. The van der Waals surface area contributed by atoms with Gasteiger partial charge in [0.05, 0.1) is 5.39 Å². The fraction of sp³-hybridized carbons (Fsp3) is 0.400. The number of benzene rings is 1. The van der Waals surface area contributed by atoms with Crippen molar-refractivity contribution in [1.82, 2.24) is 0 Å². The Balaban J connectivity index is 2.80. The second-order valence-electron chi connectivity index (χ2n) is 4.62. The van der Waals surface area contributed by atoms with Crippen molar-refractivity contribution in [1.29, 1.82) is 0 Å². The number of rotatable bonds is 4. The molecular formula is C15H19NO2S. The normalized spacial score (nSPS) is 11.2. The van der Waals surface area contributed by atoms with Gasteiger partial charge in [-0.2, -0.15) is 0 Å². The highest BCUT2D eigenvalue weighted by atomic mass is 32.2. The van der Waals surface area contributed by atoms with Crippen LogP contribution in [-0.4, -0.2) is 12.3 Å². The standard InChI is InChI=1S/C15H19NO2S/c1-4-19-15-10(3)13(17)12-8-9(2)7-11(5-6-16)14(12)18-15/h7-8H,4-6,16H2,1-3H3. The fourth-order valence-electron chi connectivity index (χ4n) is 2.21. The molecule has 0 aliphatic heterocycles. The van der Waals surface area contributed by atoms with E-state index in [2.05, 4.69) is 0 Å². The van der Waals surface area contributed by atoms with E-state index in [0.29, 0.717) is 23.1 Å². The molecule has 19 heavy (non-hydrogen) atoms. The van der Waals surface area contributed by atoms with Gasteiger partial charge in [0.2, 0.25) is 0 Å². The lowest BCUT2D eigenvalue weighted by Crippen LogP contribution is -2.10. The Labute approximate surface area is 117 Å². The molecule has 0 spiro atoms. The van der Waals surface area contributed by atoms with Crippen molar-refractivity contribution in [2.75, 3.05) is 12.3 Å². The molecule has 0 unspecified atom stereocenters. The van der Waals surface area contributed by atoms with Crippen molar-refractivity contribution in [3.63, 3.8) is 0 Å². The van der Waals surface area contributed by atoms with Gasteiger partial charge in [0, 0.05) is 5.56 Å². The third-order valence-electron chi connectivity index (χ3n) is 3.09. The van der Waals surface area contributed by atoms with Gasteiger partial charge in [-0.15, -0.1) is 0 Å². The van der Waals surface area contributed by atoms with E-state index in [-0.39, 0.29) is 5.43 Å². The summed E-state index contributed by atoms with van der Waals surface area (Å²) in [6.07, 6.45) is 0.723. The third-order valence-corrected chi connectivity index (χ3v) is 4.03. The Morgan fingerprint density at radius 2 is 2.05 bits per heavy atom. The van der Waals surface area contributed by atoms with E-state index in [4.69, 9.17) is 10.2 Å². The number of nitrogens with two attached hydrogens (primary N) is 1. The molecule has 2 aromatic rings. The van der Waals surface area contributed by atoms with Crippen LogP contribution in [0.2, 0.25) is 0 Å². The zero-order chi connectivity index (χ0) is 14.0. The monoisotopic (exact) mass is 277 g/mol. The lowest BCUT2D eigenvalue weighted by Gasteiger charge is -2.10. The number of aryl methyl sites for hydroxylation is 1. The molecule has 0 aliphatic rings. The first-order valence-electron chi connectivity index (χ1n) is 6.48. The highest BCUT2D eigenvalue weighted by molar-refractivity contribution is 7.99. The topological polar surface area (TPSA) is 56.2 Å².